The third kappa shape index (κ3) is 3.01. The first kappa shape index (κ1) is 15.0. The molecule has 0 bridgehead atoms. The maximum Gasteiger partial charge on any atom is 0.313 e. The zero-order valence-electron chi connectivity index (χ0n) is 12.1. The van der Waals surface area contributed by atoms with Crippen molar-refractivity contribution in [2.24, 2.45) is 11.3 Å². The summed E-state index contributed by atoms with van der Waals surface area (Å²) in [5.74, 6) is -0.566. The number of halogens is 1. The van der Waals surface area contributed by atoms with Crippen LogP contribution in [0.1, 0.15) is 19.4 Å². The number of esters is 1. The first-order valence-corrected chi connectivity index (χ1v) is 7.09. The van der Waals surface area contributed by atoms with Crippen LogP contribution in [0.25, 0.3) is 0 Å². The van der Waals surface area contributed by atoms with E-state index in [0.29, 0.717) is 19.7 Å². The molecule has 4 heteroatoms. The van der Waals surface area contributed by atoms with Gasteiger partial charge in [0.15, 0.2) is 0 Å². The normalized spacial score (nSPS) is 26.6. The Balaban J connectivity index is 2.07. The zero-order valence-corrected chi connectivity index (χ0v) is 12.1. The van der Waals surface area contributed by atoms with Gasteiger partial charge in [0.2, 0.25) is 0 Å². The van der Waals surface area contributed by atoms with Gasteiger partial charge in [0.05, 0.1) is 18.7 Å². The summed E-state index contributed by atoms with van der Waals surface area (Å²) >= 11 is 0. The number of hydrogen-bond acceptors (Lipinski definition) is 3. The fourth-order valence-electron chi connectivity index (χ4n) is 2.88. The highest BCUT2D eigenvalue weighted by Gasteiger charge is 2.49. The number of alkyl halides is 1. The molecule has 0 saturated carbocycles. The second kappa shape index (κ2) is 6.35. The van der Waals surface area contributed by atoms with E-state index in [4.69, 9.17) is 4.74 Å². The van der Waals surface area contributed by atoms with Crippen LogP contribution in [0.4, 0.5) is 4.39 Å². The van der Waals surface area contributed by atoms with E-state index in [0.717, 1.165) is 6.54 Å². The van der Waals surface area contributed by atoms with Gasteiger partial charge in [0.1, 0.15) is 0 Å². The lowest BCUT2D eigenvalue weighted by Gasteiger charge is -2.26. The van der Waals surface area contributed by atoms with Crippen molar-refractivity contribution in [2.75, 3.05) is 26.4 Å². The van der Waals surface area contributed by atoms with E-state index in [-0.39, 0.29) is 11.9 Å². The van der Waals surface area contributed by atoms with E-state index in [1.807, 2.05) is 37.3 Å². The lowest BCUT2D eigenvalue weighted by atomic mass is 9.81. The molecular weight excluding hydrogens is 257 g/mol. The molecule has 1 aliphatic heterocycles. The van der Waals surface area contributed by atoms with Crippen LogP contribution in [0.5, 0.6) is 0 Å². The Kier molecular flexibility index (Phi) is 4.76. The van der Waals surface area contributed by atoms with E-state index >= 15 is 0 Å². The molecule has 2 atom stereocenters. The summed E-state index contributed by atoms with van der Waals surface area (Å²) in [5, 5.41) is 0. The molecule has 0 aliphatic carbocycles. The third-order valence-corrected chi connectivity index (χ3v) is 4.11. The monoisotopic (exact) mass is 279 g/mol. The second-order valence-electron chi connectivity index (χ2n) is 5.64. The molecule has 110 valence electrons. The van der Waals surface area contributed by atoms with Crippen molar-refractivity contribution in [3.8, 4) is 0 Å². The van der Waals surface area contributed by atoms with Crippen LogP contribution in [0.15, 0.2) is 30.3 Å². The van der Waals surface area contributed by atoms with Crippen molar-refractivity contribution in [3.05, 3.63) is 35.9 Å². The average molecular weight is 279 g/mol. The molecule has 0 aromatic heterocycles. The minimum atomic E-state index is -0.737. The van der Waals surface area contributed by atoms with Gasteiger partial charge in [-0.3, -0.25) is 14.1 Å². The molecule has 1 saturated heterocycles. The van der Waals surface area contributed by atoms with Crippen LogP contribution in [0.2, 0.25) is 0 Å². The van der Waals surface area contributed by atoms with E-state index in [2.05, 4.69) is 4.90 Å². The SMILES string of the molecule is CCOC(=O)[C@@]1(C)CN(Cc2ccccc2)C[C@@H]1CF. The minimum absolute atomic E-state index is 0.279. The molecule has 1 aliphatic rings. The van der Waals surface area contributed by atoms with Crippen LogP contribution < -0.4 is 0 Å². The number of likely N-dealkylation sites (tertiary alicyclic amines) is 1. The summed E-state index contributed by atoms with van der Waals surface area (Å²) < 4.78 is 18.4. The number of carbonyl (C=O) groups excluding carboxylic acids is 1. The van der Waals surface area contributed by atoms with Crippen molar-refractivity contribution in [1.29, 1.82) is 0 Å². The van der Waals surface area contributed by atoms with Crippen LogP contribution >= 0.6 is 0 Å². The van der Waals surface area contributed by atoms with Crippen molar-refractivity contribution in [3.63, 3.8) is 0 Å². The quantitative estimate of drug-likeness (QED) is 0.776. The minimum Gasteiger partial charge on any atom is -0.466 e. The van der Waals surface area contributed by atoms with Crippen molar-refractivity contribution >= 4 is 5.97 Å². The highest BCUT2D eigenvalue weighted by molar-refractivity contribution is 5.77. The van der Waals surface area contributed by atoms with Crippen LogP contribution in [0.3, 0.4) is 0 Å². The van der Waals surface area contributed by atoms with Gasteiger partial charge in [-0.05, 0) is 19.4 Å². The van der Waals surface area contributed by atoms with Crippen LogP contribution in [-0.4, -0.2) is 37.2 Å². The Morgan fingerprint density at radius 1 is 1.45 bits per heavy atom. The molecule has 1 fully saturated rings. The first-order valence-electron chi connectivity index (χ1n) is 7.09. The molecule has 0 amide bonds. The Labute approximate surface area is 119 Å². The topological polar surface area (TPSA) is 29.5 Å². The fourth-order valence-corrected chi connectivity index (χ4v) is 2.88. The molecule has 0 spiro atoms. The zero-order chi connectivity index (χ0) is 14.6. The Bertz CT molecular complexity index is 451. The molecule has 2 rings (SSSR count). The number of benzene rings is 1. The number of ether oxygens (including phenoxy) is 1. The Hall–Kier alpha value is -1.42. The summed E-state index contributed by atoms with van der Waals surface area (Å²) in [6.45, 7) is 5.34. The molecule has 1 heterocycles. The van der Waals surface area contributed by atoms with Gasteiger partial charge in [0.25, 0.3) is 0 Å². The van der Waals surface area contributed by atoms with E-state index < -0.39 is 12.1 Å². The maximum absolute atomic E-state index is 13.3. The van der Waals surface area contributed by atoms with Gasteiger partial charge in [-0.1, -0.05) is 30.3 Å². The van der Waals surface area contributed by atoms with E-state index in [1.54, 1.807) is 6.92 Å². The maximum atomic E-state index is 13.3. The predicted octanol–water partition coefficient (Wildman–Crippen LogP) is 2.66. The summed E-state index contributed by atoms with van der Waals surface area (Å²) in [6, 6.07) is 10.0. The number of nitrogens with zero attached hydrogens (tertiary/aromatic N) is 1. The number of rotatable bonds is 5. The largest absolute Gasteiger partial charge is 0.466 e. The lowest BCUT2D eigenvalue weighted by Crippen LogP contribution is -2.38. The molecule has 1 aromatic rings. The van der Waals surface area contributed by atoms with E-state index in [9.17, 15) is 9.18 Å². The third-order valence-electron chi connectivity index (χ3n) is 4.11. The fraction of sp³-hybridized carbons (Fsp3) is 0.562. The van der Waals surface area contributed by atoms with Crippen molar-refractivity contribution in [1.82, 2.24) is 4.90 Å². The highest BCUT2D eigenvalue weighted by atomic mass is 19.1. The smallest absolute Gasteiger partial charge is 0.313 e. The van der Waals surface area contributed by atoms with Crippen molar-refractivity contribution < 1.29 is 13.9 Å². The van der Waals surface area contributed by atoms with Crippen LogP contribution in [-0.2, 0) is 16.1 Å². The Morgan fingerprint density at radius 3 is 2.75 bits per heavy atom. The molecule has 0 unspecified atom stereocenters. The average Bonchev–Trinajstić information content (AvgIpc) is 2.77. The standard InChI is InChI=1S/C16H22FNO2/c1-3-20-15(19)16(2)12-18(11-14(16)9-17)10-13-7-5-4-6-8-13/h4-8,14H,3,9-12H2,1-2H3/t14-,16-/m0/s1. The number of hydrogen-bond donors (Lipinski definition) is 0. The molecule has 20 heavy (non-hydrogen) atoms. The van der Waals surface area contributed by atoms with E-state index in [1.165, 1.54) is 5.56 Å². The Morgan fingerprint density at radius 2 is 2.15 bits per heavy atom. The van der Waals surface area contributed by atoms with Crippen molar-refractivity contribution in [2.45, 2.75) is 20.4 Å². The molecule has 3 nitrogen and oxygen atoms in total. The summed E-state index contributed by atoms with van der Waals surface area (Å²) in [4.78, 5) is 14.3. The van der Waals surface area contributed by atoms with Gasteiger partial charge >= 0.3 is 5.97 Å². The lowest BCUT2D eigenvalue weighted by molar-refractivity contribution is -0.156. The van der Waals surface area contributed by atoms with Gasteiger partial charge in [0, 0.05) is 25.6 Å². The number of carbonyl (C=O) groups is 1. The molecule has 0 N–H and O–H groups in total. The summed E-state index contributed by atoms with van der Waals surface area (Å²) in [6.07, 6.45) is 0. The highest BCUT2D eigenvalue weighted by Crippen LogP contribution is 2.38. The molecular formula is C16H22FNO2. The van der Waals surface area contributed by atoms with Gasteiger partial charge in [-0.15, -0.1) is 0 Å². The van der Waals surface area contributed by atoms with Gasteiger partial charge < -0.3 is 4.74 Å². The molecule has 1 aromatic carbocycles. The molecule has 0 radical (unpaired) electrons. The van der Waals surface area contributed by atoms with Gasteiger partial charge in [-0.25, -0.2) is 0 Å². The van der Waals surface area contributed by atoms with Gasteiger partial charge in [-0.2, -0.15) is 0 Å². The second-order valence-corrected chi connectivity index (χ2v) is 5.64. The summed E-state index contributed by atoms with van der Waals surface area (Å²) in [7, 11) is 0. The summed E-state index contributed by atoms with van der Waals surface area (Å²) in [5.41, 5.74) is 0.442. The first-order chi connectivity index (χ1) is 9.60. The predicted molar refractivity (Wildman–Crippen MR) is 75.9 cm³/mol. The van der Waals surface area contributed by atoms with Crippen LogP contribution in [0, 0.1) is 11.3 Å².